The van der Waals surface area contributed by atoms with Gasteiger partial charge in [0.05, 0.1) is 18.3 Å². The first-order valence-electron chi connectivity index (χ1n) is 12.2. The molecule has 3 heterocycles. The van der Waals surface area contributed by atoms with Crippen molar-refractivity contribution in [2.45, 2.75) is 102 Å². The topological polar surface area (TPSA) is 67.5 Å². The normalized spacial score (nSPS) is 30.3. The lowest BCUT2D eigenvalue weighted by atomic mass is 9.84. The van der Waals surface area contributed by atoms with E-state index in [0.29, 0.717) is 18.2 Å². The molecule has 31 heavy (non-hydrogen) atoms. The maximum atomic E-state index is 13.9. The first kappa shape index (κ1) is 20.7. The molecule has 0 aromatic carbocycles. The molecule has 2 amide bonds. The quantitative estimate of drug-likeness (QED) is 0.714. The van der Waals surface area contributed by atoms with Crippen molar-refractivity contribution in [1.82, 2.24) is 14.8 Å². The second kappa shape index (κ2) is 8.03. The molecule has 1 aliphatic heterocycles. The monoisotopic (exact) mass is 425 g/mol. The number of hydrogen-bond acceptors (Lipinski definition) is 3. The van der Waals surface area contributed by atoms with E-state index in [4.69, 9.17) is 4.42 Å². The molecule has 1 N–H and O–H groups in total. The third kappa shape index (κ3) is 3.48. The summed E-state index contributed by atoms with van der Waals surface area (Å²) in [6, 6.07) is 4.06. The van der Waals surface area contributed by atoms with Gasteiger partial charge in [-0.25, -0.2) is 0 Å². The molecule has 3 atom stereocenters. The fourth-order valence-corrected chi connectivity index (χ4v) is 6.18. The van der Waals surface area contributed by atoms with E-state index in [1.54, 1.807) is 6.26 Å². The van der Waals surface area contributed by atoms with Gasteiger partial charge in [0.1, 0.15) is 11.2 Å². The summed E-state index contributed by atoms with van der Waals surface area (Å²) in [5, 5.41) is 3.38. The number of carbonyl (C=O) groups excluding carboxylic acids is 2. The van der Waals surface area contributed by atoms with Gasteiger partial charge in [-0.1, -0.05) is 45.4 Å². The zero-order valence-corrected chi connectivity index (χ0v) is 18.9. The van der Waals surface area contributed by atoms with Crippen LogP contribution in [0.25, 0.3) is 11.1 Å². The maximum absolute atomic E-state index is 13.9. The van der Waals surface area contributed by atoms with E-state index in [-0.39, 0.29) is 23.9 Å². The fourth-order valence-electron chi connectivity index (χ4n) is 6.18. The van der Waals surface area contributed by atoms with Crippen molar-refractivity contribution in [1.29, 1.82) is 0 Å². The molecule has 0 spiro atoms. The van der Waals surface area contributed by atoms with Gasteiger partial charge in [-0.3, -0.25) is 9.59 Å². The van der Waals surface area contributed by atoms with Gasteiger partial charge in [0.2, 0.25) is 5.91 Å². The minimum absolute atomic E-state index is 0.000146. The van der Waals surface area contributed by atoms with Crippen LogP contribution >= 0.6 is 0 Å². The Bertz CT molecular complexity index is 968. The van der Waals surface area contributed by atoms with Crippen LogP contribution in [0.4, 0.5) is 0 Å². The van der Waals surface area contributed by atoms with Crippen molar-refractivity contribution >= 4 is 22.9 Å². The summed E-state index contributed by atoms with van der Waals surface area (Å²) in [7, 11) is 0. The minimum atomic E-state index is -0.903. The highest BCUT2D eigenvalue weighted by Gasteiger charge is 2.51. The molecule has 6 nitrogen and oxygen atoms in total. The molecule has 3 aliphatic rings. The number of rotatable bonds is 3. The molecule has 0 unspecified atom stereocenters. The van der Waals surface area contributed by atoms with E-state index in [2.05, 4.69) is 12.2 Å². The van der Waals surface area contributed by atoms with Gasteiger partial charge in [0, 0.05) is 24.2 Å². The lowest BCUT2D eigenvalue weighted by molar-refractivity contribution is -0.135. The number of hydrogen-bond donors (Lipinski definition) is 1. The predicted molar refractivity (Wildman–Crippen MR) is 120 cm³/mol. The zero-order chi connectivity index (χ0) is 21.6. The molecule has 0 saturated heterocycles. The standard InChI is InChI=1S/C25H35N3O3/c1-17-9-7-8-12-19(17)26-24(30)25(2)16-27-20-13-14-31-22(20)15-21(27)23(29)28(25)18-10-5-3-4-6-11-18/h13-15,17-19H,3-12,16H2,1-2H3,(H,26,30)/t17-,19-,25-/m1/s1. The fraction of sp³-hybridized carbons (Fsp3) is 0.680. The van der Waals surface area contributed by atoms with Crippen molar-refractivity contribution < 1.29 is 14.0 Å². The van der Waals surface area contributed by atoms with Gasteiger partial charge < -0.3 is 19.2 Å². The van der Waals surface area contributed by atoms with Crippen LogP contribution in [0, 0.1) is 5.92 Å². The summed E-state index contributed by atoms with van der Waals surface area (Å²) in [5.74, 6) is 0.452. The Hall–Kier alpha value is -2.24. The van der Waals surface area contributed by atoms with E-state index < -0.39 is 5.54 Å². The third-order valence-corrected chi connectivity index (χ3v) is 8.07. The summed E-state index contributed by atoms with van der Waals surface area (Å²) in [6.07, 6.45) is 12.9. The Kier molecular flexibility index (Phi) is 5.35. The number of nitrogens with one attached hydrogen (secondary N) is 1. The SMILES string of the molecule is C[C@@H]1CCCC[C@H]1NC(=O)[C@@]1(C)Cn2c(cc3occc32)C(=O)N1C1CCCCCC1. The van der Waals surface area contributed by atoms with E-state index in [1.807, 2.05) is 28.5 Å². The first-order valence-corrected chi connectivity index (χ1v) is 12.2. The number of carbonyl (C=O) groups is 2. The average Bonchev–Trinajstić information content (AvgIpc) is 3.23. The Morgan fingerprint density at radius 3 is 2.55 bits per heavy atom. The van der Waals surface area contributed by atoms with Crippen molar-refractivity contribution in [2.24, 2.45) is 5.92 Å². The lowest BCUT2D eigenvalue weighted by Crippen LogP contribution is -2.67. The molecule has 2 saturated carbocycles. The summed E-state index contributed by atoms with van der Waals surface area (Å²) in [5.41, 5.74) is 1.36. The lowest BCUT2D eigenvalue weighted by Gasteiger charge is -2.48. The van der Waals surface area contributed by atoms with E-state index in [9.17, 15) is 9.59 Å². The maximum Gasteiger partial charge on any atom is 0.271 e. The Morgan fingerprint density at radius 1 is 1.10 bits per heavy atom. The van der Waals surface area contributed by atoms with Crippen LogP contribution in [0.3, 0.4) is 0 Å². The molecule has 2 aromatic rings. The Morgan fingerprint density at radius 2 is 1.81 bits per heavy atom. The molecular formula is C25H35N3O3. The number of nitrogens with zero attached hydrogens (tertiary/aromatic N) is 2. The van der Waals surface area contributed by atoms with Crippen LogP contribution in [0.15, 0.2) is 22.8 Å². The molecule has 2 aliphatic carbocycles. The van der Waals surface area contributed by atoms with Gasteiger partial charge in [-0.2, -0.15) is 0 Å². The molecule has 2 fully saturated rings. The molecule has 168 valence electrons. The highest BCUT2D eigenvalue weighted by molar-refractivity contribution is 6.03. The number of amides is 2. The van der Waals surface area contributed by atoms with Crippen molar-refractivity contribution in [3.63, 3.8) is 0 Å². The second-order valence-electron chi connectivity index (χ2n) is 10.2. The van der Waals surface area contributed by atoms with Crippen LogP contribution in [-0.4, -0.2) is 38.9 Å². The van der Waals surface area contributed by atoms with Gasteiger partial charge in [-0.15, -0.1) is 0 Å². The van der Waals surface area contributed by atoms with Crippen LogP contribution in [0.5, 0.6) is 0 Å². The highest BCUT2D eigenvalue weighted by Crippen LogP contribution is 2.37. The number of furan rings is 1. The second-order valence-corrected chi connectivity index (χ2v) is 10.2. The van der Waals surface area contributed by atoms with E-state index in [0.717, 1.165) is 56.0 Å². The molecular weight excluding hydrogens is 390 g/mol. The molecule has 5 rings (SSSR count). The van der Waals surface area contributed by atoms with Gasteiger partial charge in [0.25, 0.3) is 5.91 Å². The smallest absolute Gasteiger partial charge is 0.271 e. The summed E-state index contributed by atoms with van der Waals surface area (Å²) >= 11 is 0. The summed E-state index contributed by atoms with van der Waals surface area (Å²) < 4.78 is 7.59. The van der Waals surface area contributed by atoms with Gasteiger partial charge in [-0.05, 0) is 38.5 Å². The average molecular weight is 426 g/mol. The molecule has 6 heteroatoms. The predicted octanol–water partition coefficient (Wildman–Crippen LogP) is 4.87. The van der Waals surface area contributed by atoms with Crippen molar-refractivity contribution in [2.75, 3.05) is 0 Å². The van der Waals surface area contributed by atoms with E-state index in [1.165, 1.54) is 19.3 Å². The van der Waals surface area contributed by atoms with Crippen LogP contribution in [0.2, 0.25) is 0 Å². The summed E-state index contributed by atoms with van der Waals surface area (Å²) in [4.78, 5) is 29.7. The van der Waals surface area contributed by atoms with Crippen molar-refractivity contribution in [3.8, 4) is 0 Å². The van der Waals surface area contributed by atoms with Crippen LogP contribution < -0.4 is 5.32 Å². The zero-order valence-electron chi connectivity index (χ0n) is 18.9. The van der Waals surface area contributed by atoms with Crippen molar-refractivity contribution in [3.05, 3.63) is 24.1 Å². The van der Waals surface area contributed by atoms with E-state index >= 15 is 0 Å². The Balaban J connectivity index is 1.53. The third-order valence-electron chi connectivity index (χ3n) is 8.07. The largest absolute Gasteiger partial charge is 0.463 e. The van der Waals surface area contributed by atoms with Crippen LogP contribution in [-0.2, 0) is 11.3 Å². The van der Waals surface area contributed by atoms with Crippen LogP contribution in [0.1, 0.15) is 88.5 Å². The number of fused-ring (bicyclic) bond motifs is 3. The highest BCUT2D eigenvalue weighted by atomic mass is 16.3. The molecule has 2 aromatic heterocycles. The minimum Gasteiger partial charge on any atom is -0.463 e. The first-order chi connectivity index (χ1) is 15.0. The Labute approximate surface area is 184 Å². The number of aromatic nitrogens is 1. The molecule has 0 radical (unpaired) electrons. The molecule has 0 bridgehead atoms. The van der Waals surface area contributed by atoms with Gasteiger partial charge in [0.15, 0.2) is 5.58 Å². The van der Waals surface area contributed by atoms with Gasteiger partial charge >= 0.3 is 0 Å². The summed E-state index contributed by atoms with van der Waals surface area (Å²) in [6.45, 7) is 4.69.